The van der Waals surface area contributed by atoms with Gasteiger partial charge in [0.2, 0.25) is 0 Å². The van der Waals surface area contributed by atoms with Gasteiger partial charge in [-0.25, -0.2) is 0 Å². The Hall–Kier alpha value is -2.92. The molecule has 0 aliphatic heterocycles. The zero-order valence-corrected chi connectivity index (χ0v) is 59.0. The number of allylic oxidation sites excluding steroid dienone is 14. The van der Waals surface area contributed by atoms with Crippen molar-refractivity contribution < 1.29 is 24.2 Å². The number of hydrogen-bond donors (Lipinski definition) is 1. The van der Waals surface area contributed by atoms with E-state index in [0.29, 0.717) is 12.8 Å². The number of hydrogen-bond acceptors (Lipinski definition) is 5. The van der Waals surface area contributed by atoms with Crippen molar-refractivity contribution in [1.29, 1.82) is 0 Å². The summed E-state index contributed by atoms with van der Waals surface area (Å²) in [4.78, 5) is 24.7. The zero-order valence-electron chi connectivity index (χ0n) is 59.0. The van der Waals surface area contributed by atoms with Gasteiger partial charge in [-0.15, -0.1) is 0 Å². The molecule has 1 atom stereocenters. The predicted molar refractivity (Wildman–Crippen MR) is 390 cm³/mol. The van der Waals surface area contributed by atoms with E-state index in [1.807, 2.05) is 0 Å². The van der Waals surface area contributed by atoms with E-state index in [1.54, 1.807) is 0 Å². The number of esters is 2. The highest BCUT2D eigenvalue weighted by Gasteiger charge is 2.16. The van der Waals surface area contributed by atoms with E-state index in [1.165, 1.54) is 308 Å². The topological polar surface area (TPSA) is 72.8 Å². The Morgan fingerprint density at radius 3 is 0.739 bits per heavy atom. The van der Waals surface area contributed by atoms with Gasteiger partial charge in [-0.1, -0.05) is 394 Å². The Morgan fingerprint density at radius 1 is 0.273 bits per heavy atom. The molecule has 0 saturated heterocycles. The molecule has 0 aliphatic carbocycles. The molecule has 0 aromatic rings. The summed E-state index contributed by atoms with van der Waals surface area (Å²) in [6.45, 7) is 4.07. The molecule has 0 fully saturated rings. The number of aliphatic hydroxyl groups is 1. The molecule has 0 saturated carbocycles. The van der Waals surface area contributed by atoms with Gasteiger partial charge in [0.1, 0.15) is 6.61 Å². The highest BCUT2D eigenvalue weighted by Crippen LogP contribution is 2.19. The third kappa shape index (κ3) is 75.5. The van der Waals surface area contributed by atoms with Crippen molar-refractivity contribution in [2.45, 2.75) is 418 Å². The first-order valence-electron chi connectivity index (χ1n) is 39.1. The number of rotatable bonds is 73. The summed E-state index contributed by atoms with van der Waals surface area (Å²) in [5, 5.41) is 9.72. The number of unbranched alkanes of at least 4 members (excludes halogenated alkanes) is 51. The van der Waals surface area contributed by atoms with Crippen molar-refractivity contribution in [3.05, 3.63) is 85.1 Å². The molecular formula is C83H150O5. The molecule has 0 aromatic carbocycles. The smallest absolute Gasteiger partial charge is 0.306 e. The second-order valence-electron chi connectivity index (χ2n) is 26.4. The van der Waals surface area contributed by atoms with Crippen LogP contribution in [0.25, 0.3) is 0 Å². The molecule has 0 rings (SSSR count). The lowest BCUT2D eigenvalue weighted by Gasteiger charge is -2.15. The highest BCUT2D eigenvalue weighted by atomic mass is 16.6. The Balaban J connectivity index is 3.38. The SMILES string of the molecule is CC/C=C\C/C=C\C/C=C\C/C=C\C/C=C\CCCCCCCCCCCCCCCCCCCC(=O)OC(CO)COC(=O)CCCCCCCCCCCCCCCCCCCCCCCCCCCCCCC/C=C\C/C=C\CCCCCCC. The molecule has 5 heteroatoms. The number of carbonyl (C=O) groups is 2. The van der Waals surface area contributed by atoms with Gasteiger partial charge >= 0.3 is 11.9 Å². The third-order valence-corrected chi connectivity index (χ3v) is 17.7. The summed E-state index contributed by atoms with van der Waals surface area (Å²) in [6, 6.07) is 0. The van der Waals surface area contributed by atoms with Crippen LogP contribution in [0.1, 0.15) is 412 Å². The second-order valence-corrected chi connectivity index (χ2v) is 26.4. The lowest BCUT2D eigenvalue weighted by atomic mass is 10.0. The lowest BCUT2D eigenvalue weighted by molar-refractivity contribution is -0.161. The number of carbonyl (C=O) groups excluding carboxylic acids is 2. The first-order valence-corrected chi connectivity index (χ1v) is 39.1. The quantitative estimate of drug-likeness (QED) is 0.0373. The van der Waals surface area contributed by atoms with Gasteiger partial charge < -0.3 is 14.6 Å². The van der Waals surface area contributed by atoms with Crippen LogP contribution in [-0.2, 0) is 19.1 Å². The number of aliphatic hydroxyl groups excluding tert-OH is 1. The molecule has 0 spiro atoms. The Bertz CT molecular complexity index is 1580. The summed E-state index contributed by atoms with van der Waals surface area (Å²) in [7, 11) is 0. The van der Waals surface area contributed by atoms with Crippen LogP contribution in [0, 0.1) is 0 Å². The fourth-order valence-electron chi connectivity index (χ4n) is 11.9. The Morgan fingerprint density at radius 2 is 0.489 bits per heavy atom. The van der Waals surface area contributed by atoms with Gasteiger partial charge in [-0.2, -0.15) is 0 Å². The van der Waals surface area contributed by atoms with Crippen molar-refractivity contribution in [3.63, 3.8) is 0 Å². The monoisotopic (exact) mass is 1230 g/mol. The molecule has 512 valence electrons. The molecule has 1 N–H and O–H groups in total. The average molecular weight is 1230 g/mol. The molecule has 1 unspecified atom stereocenters. The van der Waals surface area contributed by atoms with E-state index in [9.17, 15) is 14.7 Å². The van der Waals surface area contributed by atoms with Gasteiger partial charge in [-0.05, 0) is 89.9 Å². The molecular weight excluding hydrogens is 1080 g/mol. The molecule has 0 radical (unpaired) electrons. The largest absolute Gasteiger partial charge is 0.462 e. The van der Waals surface area contributed by atoms with E-state index in [-0.39, 0.29) is 25.2 Å². The first kappa shape index (κ1) is 85.1. The van der Waals surface area contributed by atoms with E-state index < -0.39 is 6.10 Å². The molecule has 0 aliphatic rings. The normalized spacial score (nSPS) is 12.6. The van der Waals surface area contributed by atoms with E-state index in [2.05, 4.69) is 98.9 Å². The highest BCUT2D eigenvalue weighted by molar-refractivity contribution is 5.70. The maximum absolute atomic E-state index is 12.4. The van der Waals surface area contributed by atoms with Crippen LogP contribution in [0.5, 0.6) is 0 Å². The fourth-order valence-corrected chi connectivity index (χ4v) is 11.9. The van der Waals surface area contributed by atoms with Crippen molar-refractivity contribution >= 4 is 11.9 Å². The zero-order chi connectivity index (χ0) is 63.3. The first-order chi connectivity index (χ1) is 43.6. The Kier molecular flexibility index (Phi) is 75.7. The summed E-state index contributed by atoms with van der Waals surface area (Å²) < 4.78 is 10.8. The van der Waals surface area contributed by atoms with Gasteiger partial charge in [0.05, 0.1) is 6.61 Å². The van der Waals surface area contributed by atoms with E-state index in [0.717, 1.165) is 77.0 Å². The average Bonchev–Trinajstić information content (AvgIpc) is 3.56. The minimum atomic E-state index is -0.774. The van der Waals surface area contributed by atoms with Crippen LogP contribution >= 0.6 is 0 Å². The second kappa shape index (κ2) is 78.3. The van der Waals surface area contributed by atoms with Crippen molar-refractivity contribution in [2.24, 2.45) is 0 Å². The number of ether oxygens (including phenoxy) is 2. The molecule has 0 heterocycles. The lowest BCUT2D eigenvalue weighted by Crippen LogP contribution is -2.28. The Labute approximate surface area is 549 Å². The molecule has 88 heavy (non-hydrogen) atoms. The standard InChI is InChI=1S/C83H150O5/c1-3-5-7-9-11-13-15-17-19-21-23-25-27-29-31-33-35-37-38-39-40-41-42-43-44-46-47-49-51-53-55-57-59-61-63-65-67-69-71-73-75-77-82(85)87-80-81(79-84)88-83(86)78-76-74-72-70-68-66-64-62-60-58-56-54-52-50-48-45-36-34-32-30-28-26-24-22-20-18-16-14-12-10-8-6-4-2/h6,8,12,14-15,17-18,20-21,23-24,26,30,32,81,84H,3-5,7,9-11,13,16,19,22,25,27-29,31,33-80H2,1-2H3/b8-6-,14-12-,17-15-,20-18-,23-21-,26-24-,32-30-. The van der Waals surface area contributed by atoms with Crippen LogP contribution < -0.4 is 0 Å². The van der Waals surface area contributed by atoms with Gasteiger partial charge in [0, 0.05) is 12.8 Å². The van der Waals surface area contributed by atoms with Crippen molar-refractivity contribution in [3.8, 4) is 0 Å². The van der Waals surface area contributed by atoms with Crippen LogP contribution in [0.4, 0.5) is 0 Å². The van der Waals surface area contributed by atoms with Crippen LogP contribution in [0.3, 0.4) is 0 Å². The fraction of sp³-hybridized carbons (Fsp3) is 0.807. The van der Waals surface area contributed by atoms with E-state index in [4.69, 9.17) is 9.47 Å². The van der Waals surface area contributed by atoms with E-state index >= 15 is 0 Å². The summed E-state index contributed by atoms with van der Waals surface area (Å²) in [5.41, 5.74) is 0. The van der Waals surface area contributed by atoms with Gasteiger partial charge in [0.25, 0.3) is 0 Å². The van der Waals surface area contributed by atoms with Crippen molar-refractivity contribution in [1.82, 2.24) is 0 Å². The van der Waals surface area contributed by atoms with Crippen LogP contribution in [0.2, 0.25) is 0 Å². The third-order valence-electron chi connectivity index (χ3n) is 17.7. The predicted octanol–water partition coefficient (Wildman–Crippen LogP) is 27.6. The van der Waals surface area contributed by atoms with Crippen LogP contribution in [0.15, 0.2) is 85.1 Å². The van der Waals surface area contributed by atoms with Crippen LogP contribution in [-0.4, -0.2) is 36.4 Å². The molecule has 5 nitrogen and oxygen atoms in total. The molecule has 0 amide bonds. The van der Waals surface area contributed by atoms with Crippen molar-refractivity contribution in [2.75, 3.05) is 13.2 Å². The molecule has 0 bridgehead atoms. The minimum Gasteiger partial charge on any atom is -0.462 e. The maximum atomic E-state index is 12.4. The summed E-state index contributed by atoms with van der Waals surface area (Å²) in [6.07, 6.45) is 111. The summed E-state index contributed by atoms with van der Waals surface area (Å²) >= 11 is 0. The molecule has 0 aromatic heterocycles. The van der Waals surface area contributed by atoms with Gasteiger partial charge in [0.15, 0.2) is 6.10 Å². The maximum Gasteiger partial charge on any atom is 0.306 e. The van der Waals surface area contributed by atoms with Gasteiger partial charge in [-0.3, -0.25) is 9.59 Å². The minimum absolute atomic E-state index is 0.0622. The summed E-state index contributed by atoms with van der Waals surface area (Å²) in [5.74, 6) is -0.570.